The molecule has 0 aliphatic heterocycles. The predicted molar refractivity (Wildman–Crippen MR) is 43.6 cm³/mol. The quantitative estimate of drug-likeness (QED) is 0.628. The fourth-order valence-corrected chi connectivity index (χ4v) is 1.02. The second-order valence-corrected chi connectivity index (χ2v) is 2.87. The van der Waals surface area contributed by atoms with Crippen molar-refractivity contribution in [1.29, 1.82) is 0 Å². The molecule has 0 aromatic carbocycles. The van der Waals surface area contributed by atoms with Gasteiger partial charge in [-0.15, -0.1) is 0 Å². The summed E-state index contributed by atoms with van der Waals surface area (Å²) in [5, 5.41) is 8.91. The lowest BCUT2D eigenvalue weighted by molar-refractivity contribution is 0.145. The van der Waals surface area contributed by atoms with Crippen molar-refractivity contribution in [3.8, 4) is 5.75 Å². The van der Waals surface area contributed by atoms with E-state index < -0.39 is 6.43 Å². The van der Waals surface area contributed by atoms with Gasteiger partial charge in [0, 0.05) is 0 Å². The Morgan fingerprint density at radius 3 is 2.55 bits per heavy atom. The van der Waals surface area contributed by atoms with Crippen LogP contribution >= 0.6 is 22.6 Å². The van der Waals surface area contributed by atoms with Crippen molar-refractivity contribution < 1.29 is 13.9 Å². The minimum atomic E-state index is -2.58. The molecule has 11 heavy (non-hydrogen) atoms. The van der Waals surface area contributed by atoms with Crippen molar-refractivity contribution in [2.75, 3.05) is 0 Å². The third kappa shape index (κ3) is 1.98. The molecule has 0 fully saturated rings. The molecule has 0 spiro atoms. The molecule has 1 heterocycles. The molecule has 0 bridgehead atoms. The number of alkyl halides is 2. The highest BCUT2D eigenvalue weighted by Gasteiger charge is 2.09. The summed E-state index contributed by atoms with van der Waals surface area (Å²) in [6.45, 7) is 0. The molecular weight excluding hydrogens is 267 g/mol. The minimum absolute atomic E-state index is 0.0741. The van der Waals surface area contributed by atoms with Crippen LogP contribution in [0.15, 0.2) is 12.1 Å². The Morgan fingerprint density at radius 1 is 1.45 bits per heavy atom. The van der Waals surface area contributed by atoms with Crippen LogP contribution in [-0.2, 0) is 0 Å². The second-order valence-electron chi connectivity index (χ2n) is 1.85. The Balaban J connectivity index is 3.05. The average molecular weight is 271 g/mol. The molecule has 1 rings (SSSR count). The topological polar surface area (TPSA) is 33.1 Å². The number of halogens is 3. The van der Waals surface area contributed by atoms with Crippen LogP contribution in [0, 0.1) is 3.70 Å². The van der Waals surface area contributed by atoms with E-state index in [9.17, 15) is 8.78 Å². The summed E-state index contributed by atoms with van der Waals surface area (Å²) in [4.78, 5) is 3.46. The zero-order valence-electron chi connectivity index (χ0n) is 5.26. The molecular formula is C6H4F2INO. The molecule has 2 nitrogen and oxygen atoms in total. The fourth-order valence-electron chi connectivity index (χ4n) is 0.563. The van der Waals surface area contributed by atoms with Crippen molar-refractivity contribution in [3.05, 3.63) is 21.5 Å². The van der Waals surface area contributed by atoms with Gasteiger partial charge < -0.3 is 5.11 Å². The number of hydrogen-bond acceptors (Lipinski definition) is 2. The Labute approximate surface area is 75.4 Å². The van der Waals surface area contributed by atoms with E-state index in [0.717, 1.165) is 6.07 Å². The van der Waals surface area contributed by atoms with E-state index in [4.69, 9.17) is 5.11 Å². The largest absolute Gasteiger partial charge is 0.505 e. The van der Waals surface area contributed by atoms with Gasteiger partial charge in [0.1, 0.15) is 15.1 Å². The van der Waals surface area contributed by atoms with E-state index in [1.165, 1.54) is 6.07 Å². The molecule has 0 amide bonds. The first-order valence-electron chi connectivity index (χ1n) is 2.75. The summed E-state index contributed by atoms with van der Waals surface area (Å²) < 4.78 is 24.1. The summed E-state index contributed by atoms with van der Waals surface area (Å²) in [5.74, 6) is -0.0741. The molecule has 1 aromatic heterocycles. The summed E-state index contributed by atoms with van der Waals surface area (Å²) in [6, 6.07) is 2.30. The third-order valence-electron chi connectivity index (χ3n) is 1.07. The number of aromatic nitrogens is 1. The molecule has 0 atom stereocenters. The van der Waals surface area contributed by atoms with Gasteiger partial charge >= 0.3 is 0 Å². The Kier molecular flexibility index (Phi) is 2.58. The van der Waals surface area contributed by atoms with E-state index in [0.29, 0.717) is 0 Å². The van der Waals surface area contributed by atoms with Gasteiger partial charge in [-0.05, 0) is 34.7 Å². The van der Waals surface area contributed by atoms with Crippen LogP contribution in [0.1, 0.15) is 12.1 Å². The number of pyridine rings is 1. The lowest BCUT2D eigenvalue weighted by Crippen LogP contribution is -1.91. The molecule has 0 saturated carbocycles. The highest BCUT2D eigenvalue weighted by atomic mass is 127. The van der Waals surface area contributed by atoms with Crippen LogP contribution in [0.25, 0.3) is 0 Å². The zero-order chi connectivity index (χ0) is 8.43. The van der Waals surface area contributed by atoms with E-state index in [2.05, 4.69) is 4.98 Å². The van der Waals surface area contributed by atoms with Crippen LogP contribution in [0.4, 0.5) is 8.78 Å². The van der Waals surface area contributed by atoms with Gasteiger partial charge in [0.25, 0.3) is 6.43 Å². The summed E-state index contributed by atoms with van der Waals surface area (Å²) in [5.41, 5.74) is -0.313. The Morgan fingerprint density at radius 2 is 2.09 bits per heavy atom. The third-order valence-corrected chi connectivity index (χ3v) is 1.87. The summed E-state index contributed by atoms with van der Waals surface area (Å²) in [6.07, 6.45) is -2.58. The lowest BCUT2D eigenvalue weighted by atomic mass is 10.3. The molecule has 60 valence electrons. The number of nitrogens with zero attached hydrogens (tertiary/aromatic N) is 1. The average Bonchev–Trinajstić information content (AvgIpc) is 1.94. The van der Waals surface area contributed by atoms with E-state index in [-0.39, 0.29) is 15.1 Å². The standard InChI is InChI=1S/C6H4F2INO/c7-5(8)3-1-2-4(11)6(9)10-3/h1-2,5,11H. The van der Waals surface area contributed by atoms with Gasteiger partial charge in [-0.1, -0.05) is 0 Å². The minimum Gasteiger partial charge on any atom is -0.505 e. The number of rotatable bonds is 1. The second kappa shape index (κ2) is 3.29. The molecule has 0 aliphatic carbocycles. The first-order chi connectivity index (χ1) is 5.11. The van der Waals surface area contributed by atoms with Crippen molar-refractivity contribution in [1.82, 2.24) is 4.98 Å². The van der Waals surface area contributed by atoms with E-state index in [1.54, 1.807) is 22.6 Å². The SMILES string of the molecule is Oc1ccc(C(F)F)nc1I. The first kappa shape index (κ1) is 8.63. The smallest absolute Gasteiger partial charge is 0.280 e. The number of hydrogen-bond donors (Lipinski definition) is 1. The maximum atomic E-state index is 11.9. The van der Waals surface area contributed by atoms with Gasteiger partial charge in [-0.2, -0.15) is 0 Å². The maximum absolute atomic E-state index is 11.9. The van der Waals surface area contributed by atoms with Gasteiger partial charge in [-0.3, -0.25) is 0 Å². The molecule has 1 aromatic rings. The van der Waals surface area contributed by atoms with Crippen molar-refractivity contribution in [3.63, 3.8) is 0 Å². The van der Waals surface area contributed by atoms with Crippen LogP contribution < -0.4 is 0 Å². The van der Waals surface area contributed by atoms with Gasteiger partial charge in [-0.25, -0.2) is 13.8 Å². The Bertz CT molecular complexity index is 267. The van der Waals surface area contributed by atoms with Crippen molar-refractivity contribution >= 4 is 22.6 Å². The monoisotopic (exact) mass is 271 g/mol. The molecule has 0 saturated heterocycles. The molecule has 0 radical (unpaired) electrons. The highest BCUT2D eigenvalue weighted by molar-refractivity contribution is 14.1. The summed E-state index contributed by atoms with van der Waals surface area (Å²) in [7, 11) is 0. The zero-order valence-corrected chi connectivity index (χ0v) is 7.42. The van der Waals surface area contributed by atoms with Crippen molar-refractivity contribution in [2.45, 2.75) is 6.43 Å². The number of aromatic hydroxyl groups is 1. The first-order valence-corrected chi connectivity index (χ1v) is 3.82. The summed E-state index contributed by atoms with van der Waals surface area (Å²) >= 11 is 1.69. The van der Waals surface area contributed by atoms with Crippen LogP contribution in [0.3, 0.4) is 0 Å². The van der Waals surface area contributed by atoms with Gasteiger partial charge in [0.2, 0.25) is 0 Å². The predicted octanol–water partition coefficient (Wildman–Crippen LogP) is 2.33. The normalized spacial score (nSPS) is 10.5. The van der Waals surface area contributed by atoms with E-state index in [1.807, 2.05) is 0 Å². The van der Waals surface area contributed by atoms with Gasteiger partial charge in [0.15, 0.2) is 0 Å². The van der Waals surface area contributed by atoms with Gasteiger partial charge in [0.05, 0.1) is 0 Å². The highest BCUT2D eigenvalue weighted by Crippen LogP contribution is 2.22. The Hall–Kier alpha value is -0.460. The van der Waals surface area contributed by atoms with Crippen LogP contribution in [0.5, 0.6) is 5.75 Å². The maximum Gasteiger partial charge on any atom is 0.280 e. The van der Waals surface area contributed by atoms with E-state index >= 15 is 0 Å². The molecule has 0 unspecified atom stereocenters. The fraction of sp³-hybridized carbons (Fsp3) is 0.167. The van der Waals surface area contributed by atoms with Crippen molar-refractivity contribution in [2.24, 2.45) is 0 Å². The van der Waals surface area contributed by atoms with Crippen LogP contribution in [-0.4, -0.2) is 10.1 Å². The molecule has 1 N–H and O–H groups in total. The lowest BCUT2D eigenvalue weighted by Gasteiger charge is -1.99. The molecule has 0 aliphatic rings. The van der Waals surface area contributed by atoms with Crippen LogP contribution in [0.2, 0.25) is 0 Å². The molecule has 5 heteroatoms.